The number of anilines is 1. The number of sulfonamides is 1. The van der Waals surface area contributed by atoms with Crippen molar-refractivity contribution in [3.63, 3.8) is 0 Å². The van der Waals surface area contributed by atoms with Gasteiger partial charge in [-0.05, 0) is 42.5 Å². The lowest BCUT2D eigenvalue weighted by Crippen LogP contribution is -2.37. The molecule has 2 aromatic rings. The van der Waals surface area contributed by atoms with Crippen molar-refractivity contribution < 1.29 is 17.2 Å². The van der Waals surface area contributed by atoms with Crippen LogP contribution in [-0.2, 0) is 10.0 Å². The fraction of sp³-hybridized carbons (Fsp3) is 0.0625. The summed E-state index contributed by atoms with van der Waals surface area (Å²) in [6, 6.07) is 9.94. The molecule has 1 aliphatic heterocycles. The first-order chi connectivity index (χ1) is 12.8. The van der Waals surface area contributed by atoms with E-state index < -0.39 is 21.7 Å². The highest BCUT2D eigenvalue weighted by atomic mass is 32.2. The number of hydrogen-bond donors (Lipinski definition) is 3. The van der Waals surface area contributed by atoms with Crippen molar-refractivity contribution in [2.24, 2.45) is 21.0 Å². The van der Waals surface area contributed by atoms with Crippen molar-refractivity contribution in [1.82, 2.24) is 4.72 Å². The summed E-state index contributed by atoms with van der Waals surface area (Å²) in [7, 11) is -3.89. The topological polar surface area (TPSA) is 121 Å². The maximum atomic E-state index is 13.2. The van der Waals surface area contributed by atoms with Gasteiger partial charge in [-0.1, -0.05) is 6.07 Å². The van der Waals surface area contributed by atoms with Crippen LogP contribution in [0.4, 0.5) is 14.5 Å². The van der Waals surface area contributed by atoms with Crippen molar-refractivity contribution in [3.8, 4) is 0 Å². The zero-order valence-electron chi connectivity index (χ0n) is 13.7. The van der Waals surface area contributed by atoms with Crippen LogP contribution in [0, 0.1) is 11.6 Å². The van der Waals surface area contributed by atoms with Gasteiger partial charge in [0.05, 0.1) is 17.1 Å². The SMILES string of the molecule is NC1=NN=C(CNS(=O)(=O)c2ccc(F)cc2)/C1=N/Nc1cccc(F)c1. The molecule has 0 amide bonds. The lowest BCUT2D eigenvalue weighted by molar-refractivity contribution is 0.585. The largest absolute Gasteiger partial charge is 0.380 e. The summed E-state index contributed by atoms with van der Waals surface area (Å²) in [6.45, 7) is -0.242. The Bertz CT molecular complexity index is 1050. The maximum absolute atomic E-state index is 13.2. The number of amidine groups is 1. The van der Waals surface area contributed by atoms with Crippen LogP contribution in [0.25, 0.3) is 0 Å². The summed E-state index contributed by atoms with van der Waals surface area (Å²) in [5.74, 6) is -1.02. The highest BCUT2D eigenvalue weighted by molar-refractivity contribution is 7.89. The van der Waals surface area contributed by atoms with E-state index in [4.69, 9.17) is 5.73 Å². The summed E-state index contributed by atoms with van der Waals surface area (Å²) in [6.07, 6.45) is 0. The minimum absolute atomic E-state index is 0.0186. The van der Waals surface area contributed by atoms with Gasteiger partial charge in [0.1, 0.15) is 17.3 Å². The van der Waals surface area contributed by atoms with Gasteiger partial charge in [0.25, 0.3) is 0 Å². The number of nitrogens with one attached hydrogen (secondary N) is 2. The number of hydrogen-bond acceptors (Lipinski definition) is 7. The Morgan fingerprint density at radius 2 is 1.78 bits per heavy atom. The van der Waals surface area contributed by atoms with E-state index in [0.29, 0.717) is 5.69 Å². The van der Waals surface area contributed by atoms with Crippen LogP contribution in [0.3, 0.4) is 0 Å². The van der Waals surface area contributed by atoms with Crippen LogP contribution in [0.5, 0.6) is 0 Å². The monoisotopic (exact) mass is 392 g/mol. The average Bonchev–Trinajstić information content (AvgIpc) is 2.98. The first kappa shape index (κ1) is 18.6. The number of halogens is 2. The second-order valence-corrected chi connectivity index (χ2v) is 7.16. The number of hydrazone groups is 1. The van der Waals surface area contributed by atoms with E-state index in [1.807, 2.05) is 0 Å². The summed E-state index contributed by atoms with van der Waals surface area (Å²) in [4.78, 5) is -0.104. The van der Waals surface area contributed by atoms with E-state index in [2.05, 4.69) is 25.5 Å². The highest BCUT2D eigenvalue weighted by Crippen LogP contribution is 2.11. The summed E-state index contributed by atoms with van der Waals surface area (Å²) in [5.41, 5.74) is 8.98. The second-order valence-electron chi connectivity index (χ2n) is 5.39. The molecule has 11 heteroatoms. The second kappa shape index (κ2) is 7.60. The van der Waals surface area contributed by atoms with Crippen LogP contribution in [-0.4, -0.2) is 32.2 Å². The Kier molecular flexibility index (Phi) is 5.23. The van der Waals surface area contributed by atoms with Gasteiger partial charge in [-0.2, -0.15) is 5.10 Å². The van der Waals surface area contributed by atoms with Crippen molar-refractivity contribution in [1.29, 1.82) is 0 Å². The molecule has 0 fully saturated rings. The number of nitrogens with two attached hydrogens (primary N) is 1. The van der Waals surface area contributed by atoms with E-state index in [0.717, 1.165) is 24.3 Å². The Morgan fingerprint density at radius 3 is 2.48 bits per heavy atom. The Labute approximate surface area is 153 Å². The first-order valence-corrected chi connectivity index (χ1v) is 9.09. The van der Waals surface area contributed by atoms with Crippen molar-refractivity contribution in [2.45, 2.75) is 4.90 Å². The molecular formula is C16H14F2N6O2S. The minimum atomic E-state index is -3.89. The van der Waals surface area contributed by atoms with Gasteiger partial charge in [0, 0.05) is 0 Å². The molecule has 0 bridgehead atoms. The molecule has 3 rings (SSSR count). The van der Waals surface area contributed by atoms with E-state index in [1.54, 1.807) is 6.07 Å². The standard InChI is InChI=1S/C16H14F2N6O2S/c17-10-4-6-13(7-5-10)27(25,26)20-9-14-15(16(19)24-22-14)23-21-12-3-1-2-11(18)8-12/h1-8,20-21H,9H2,(H2,19,23,24). The summed E-state index contributed by atoms with van der Waals surface area (Å²) in [5, 5.41) is 11.5. The molecule has 0 unspecified atom stereocenters. The lowest BCUT2D eigenvalue weighted by atomic mass is 10.2. The van der Waals surface area contributed by atoms with E-state index in [9.17, 15) is 17.2 Å². The molecule has 0 aliphatic carbocycles. The third kappa shape index (κ3) is 4.51. The molecule has 8 nitrogen and oxygen atoms in total. The zero-order chi connectivity index (χ0) is 19.4. The Balaban J connectivity index is 1.70. The van der Waals surface area contributed by atoms with E-state index in [1.165, 1.54) is 18.2 Å². The molecule has 0 radical (unpaired) electrons. The van der Waals surface area contributed by atoms with Crippen LogP contribution in [0.2, 0.25) is 0 Å². The molecule has 0 saturated heterocycles. The fourth-order valence-electron chi connectivity index (χ4n) is 2.14. The van der Waals surface area contributed by atoms with Gasteiger partial charge in [0.15, 0.2) is 11.5 Å². The quantitative estimate of drug-likeness (QED) is 0.644. The molecule has 140 valence electrons. The molecule has 0 atom stereocenters. The summed E-state index contributed by atoms with van der Waals surface area (Å²) < 4.78 is 53.0. The molecule has 1 heterocycles. The van der Waals surface area contributed by atoms with Crippen LogP contribution >= 0.6 is 0 Å². The third-order valence-corrected chi connectivity index (χ3v) is 4.89. The molecule has 27 heavy (non-hydrogen) atoms. The third-order valence-electron chi connectivity index (χ3n) is 3.47. The molecule has 0 saturated carbocycles. The van der Waals surface area contributed by atoms with Crippen LogP contribution in [0.15, 0.2) is 68.7 Å². The molecule has 0 aromatic heterocycles. The summed E-state index contributed by atoms with van der Waals surface area (Å²) >= 11 is 0. The highest BCUT2D eigenvalue weighted by Gasteiger charge is 2.23. The van der Waals surface area contributed by atoms with Gasteiger partial charge < -0.3 is 5.73 Å². The van der Waals surface area contributed by atoms with Gasteiger partial charge in [-0.15, -0.1) is 10.2 Å². The predicted octanol–water partition coefficient (Wildman–Crippen LogP) is 1.44. The first-order valence-electron chi connectivity index (χ1n) is 7.60. The fourth-order valence-corrected chi connectivity index (χ4v) is 3.12. The normalized spacial score (nSPS) is 15.6. The van der Waals surface area contributed by atoms with Gasteiger partial charge in [-0.3, -0.25) is 5.43 Å². The zero-order valence-corrected chi connectivity index (χ0v) is 14.5. The lowest BCUT2D eigenvalue weighted by Gasteiger charge is -2.08. The number of rotatable bonds is 6. The van der Waals surface area contributed by atoms with Gasteiger partial charge in [-0.25, -0.2) is 21.9 Å². The van der Waals surface area contributed by atoms with Gasteiger partial charge in [0.2, 0.25) is 10.0 Å². The molecule has 0 spiro atoms. The molecular weight excluding hydrogens is 378 g/mol. The van der Waals surface area contributed by atoms with Crippen LogP contribution < -0.4 is 15.9 Å². The Hall–Kier alpha value is -3.18. The predicted molar refractivity (Wildman–Crippen MR) is 98.1 cm³/mol. The van der Waals surface area contributed by atoms with Crippen molar-refractivity contribution in [2.75, 3.05) is 12.0 Å². The van der Waals surface area contributed by atoms with E-state index >= 15 is 0 Å². The van der Waals surface area contributed by atoms with Crippen molar-refractivity contribution >= 4 is 33.0 Å². The van der Waals surface area contributed by atoms with E-state index in [-0.39, 0.29) is 28.7 Å². The minimum Gasteiger partial charge on any atom is -0.380 e. The number of nitrogens with zero attached hydrogens (tertiary/aromatic N) is 3. The maximum Gasteiger partial charge on any atom is 0.240 e. The molecule has 4 N–H and O–H groups in total. The number of benzene rings is 2. The molecule has 1 aliphatic rings. The van der Waals surface area contributed by atoms with Crippen LogP contribution in [0.1, 0.15) is 0 Å². The van der Waals surface area contributed by atoms with Crippen molar-refractivity contribution in [3.05, 3.63) is 60.2 Å². The average molecular weight is 392 g/mol. The Morgan fingerprint density at radius 1 is 1.04 bits per heavy atom. The molecule has 2 aromatic carbocycles. The smallest absolute Gasteiger partial charge is 0.240 e. The van der Waals surface area contributed by atoms with Gasteiger partial charge >= 0.3 is 0 Å².